The number of hydrogen-bond donors (Lipinski definition) is 0. The molecule has 166 valence electrons. The van der Waals surface area contributed by atoms with E-state index < -0.39 is 27.6 Å². The van der Waals surface area contributed by atoms with Crippen LogP contribution in [0.5, 0.6) is 0 Å². The molecule has 0 radical (unpaired) electrons. The van der Waals surface area contributed by atoms with Crippen molar-refractivity contribution in [2.45, 2.75) is 24.2 Å². The standard InChI is InChI=1S/C22H16ClF3N2O3S/c1-32(30,31)17-6-7-18(13-2-4-16(23)5-3-13)19(9-17)21(29)28-11-14-8-20(22(24,25)26)27-10-15(14)12-28/h2-10H,11-12H2,1H3. The number of aromatic nitrogens is 1. The first-order valence-corrected chi connectivity index (χ1v) is 11.6. The average Bonchev–Trinajstić information content (AvgIpc) is 3.15. The van der Waals surface area contributed by atoms with Crippen LogP contribution in [-0.4, -0.2) is 30.5 Å². The summed E-state index contributed by atoms with van der Waals surface area (Å²) in [5.41, 5.74) is 1.12. The summed E-state index contributed by atoms with van der Waals surface area (Å²) in [5.74, 6) is -0.495. The SMILES string of the molecule is CS(=O)(=O)c1ccc(-c2ccc(Cl)cc2)c(C(=O)N2Cc3cnc(C(F)(F)F)cc3C2)c1. The summed E-state index contributed by atoms with van der Waals surface area (Å²) >= 11 is 5.95. The number of hydrogen-bond acceptors (Lipinski definition) is 4. The second kappa shape index (κ2) is 7.90. The van der Waals surface area contributed by atoms with Crippen molar-refractivity contribution < 1.29 is 26.4 Å². The van der Waals surface area contributed by atoms with Gasteiger partial charge in [0.1, 0.15) is 5.69 Å². The predicted molar refractivity (Wildman–Crippen MR) is 113 cm³/mol. The zero-order valence-corrected chi connectivity index (χ0v) is 18.2. The van der Waals surface area contributed by atoms with Gasteiger partial charge in [-0.3, -0.25) is 9.78 Å². The Hall–Kier alpha value is -2.91. The highest BCUT2D eigenvalue weighted by molar-refractivity contribution is 7.90. The van der Waals surface area contributed by atoms with E-state index in [1.165, 1.54) is 17.0 Å². The van der Waals surface area contributed by atoms with E-state index in [4.69, 9.17) is 11.6 Å². The van der Waals surface area contributed by atoms with Gasteiger partial charge in [-0.25, -0.2) is 8.42 Å². The van der Waals surface area contributed by atoms with Crippen LogP contribution in [0.25, 0.3) is 11.1 Å². The molecule has 0 saturated carbocycles. The number of sulfone groups is 1. The molecule has 4 rings (SSSR count). The van der Waals surface area contributed by atoms with Crippen LogP contribution in [0, 0.1) is 0 Å². The van der Waals surface area contributed by atoms with E-state index in [1.54, 1.807) is 30.3 Å². The van der Waals surface area contributed by atoms with Crippen molar-refractivity contribution in [3.8, 4) is 11.1 Å². The molecular weight excluding hydrogens is 465 g/mol. The van der Waals surface area contributed by atoms with Crippen molar-refractivity contribution in [2.24, 2.45) is 0 Å². The largest absolute Gasteiger partial charge is 0.433 e. The molecule has 32 heavy (non-hydrogen) atoms. The lowest BCUT2D eigenvalue weighted by Gasteiger charge is -2.19. The molecule has 0 saturated heterocycles. The zero-order chi connectivity index (χ0) is 23.3. The molecule has 0 atom stereocenters. The van der Waals surface area contributed by atoms with Gasteiger partial charge in [-0.15, -0.1) is 0 Å². The maximum absolute atomic E-state index is 13.4. The van der Waals surface area contributed by atoms with Crippen molar-refractivity contribution in [1.29, 1.82) is 0 Å². The first kappa shape index (κ1) is 22.3. The van der Waals surface area contributed by atoms with Gasteiger partial charge in [-0.05, 0) is 52.6 Å². The number of alkyl halides is 3. The summed E-state index contributed by atoms with van der Waals surface area (Å²) in [7, 11) is -3.59. The van der Waals surface area contributed by atoms with Crippen molar-refractivity contribution in [2.75, 3.05) is 6.26 Å². The second-order valence-corrected chi connectivity index (χ2v) is 9.94. The predicted octanol–water partition coefficient (Wildman–Crippen LogP) is 4.98. The Kier molecular flexibility index (Phi) is 5.50. The highest BCUT2D eigenvalue weighted by Crippen LogP contribution is 2.34. The van der Waals surface area contributed by atoms with Crippen molar-refractivity contribution in [3.63, 3.8) is 0 Å². The summed E-state index contributed by atoms with van der Waals surface area (Å²) in [6.07, 6.45) is -2.43. The van der Waals surface area contributed by atoms with Gasteiger partial charge < -0.3 is 4.90 Å². The molecule has 0 unspecified atom stereocenters. The van der Waals surface area contributed by atoms with E-state index in [-0.39, 0.29) is 23.5 Å². The molecule has 0 aliphatic carbocycles. The van der Waals surface area contributed by atoms with Gasteiger partial charge in [0.25, 0.3) is 5.91 Å². The fourth-order valence-corrected chi connectivity index (χ4v) is 4.34. The lowest BCUT2D eigenvalue weighted by molar-refractivity contribution is -0.141. The molecular formula is C22H16ClF3N2O3S. The van der Waals surface area contributed by atoms with Gasteiger partial charge >= 0.3 is 6.18 Å². The third-order valence-corrected chi connectivity index (χ3v) is 6.55. The van der Waals surface area contributed by atoms with Gasteiger partial charge in [-0.1, -0.05) is 29.8 Å². The number of fused-ring (bicyclic) bond motifs is 1. The van der Waals surface area contributed by atoms with Crippen LogP contribution >= 0.6 is 11.6 Å². The topological polar surface area (TPSA) is 67.3 Å². The quantitative estimate of drug-likeness (QED) is 0.530. The first-order valence-electron chi connectivity index (χ1n) is 9.38. The fourth-order valence-electron chi connectivity index (χ4n) is 3.56. The van der Waals surface area contributed by atoms with Gasteiger partial charge in [0.15, 0.2) is 9.84 Å². The zero-order valence-electron chi connectivity index (χ0n) is 16.6. The number of benzene rings is 2. The van der Waals surface area contributed by atoms with Crippen LogP contribution in [0.2, 0.25) is 5.02 Å². The van der Waals surface area contributed by atoms with Crippen LogP contribution in [-0.2, 0) is 29.1 Å². The van der Waals surface area contributed by atoms with Crippen LogP contribution in [0.4, 0.5) is 13.2 Å². The Labute approximate surface area is 187 Å². The summed E-state index contributed by atoms with van der Waals surface area (Å²) in [4.78, 5) is 18.2. The Bertz CT molecular complexity index is 1320. The molecule has 0 fully saturated rings. The van der Waals surface area contributed by atoms with E-state index in [0.717, 1.165) is 18.5 Å². The minimum absolute atomic E-state index is 0.0312. The first-order chi connectivity index (χ1) is 14.9. The fraction of sp³-hybridized carbons (Fsp3) is 0.182. The molecule has 0 spiro atoms. The molecule has 3 aromatic rings. The minimum atomic E-state index is -4.59. The molecule has 2 heterocycles. The van der Waals surface area contributed by atoms with Crippen molar-refractivity contribution >= 4 is 27.3 Å². The van der Waals surface area contributed by atoms with E-state index in [2.05, 4.69) is 4.98 Å². The van der Waals surface area contributed by atoms with Crippen molar-refractivity contribution in [3.05, 3.63) is 82.1 Å². The number of rotatable bonds is 3. The smallest absolute Gasteiger partial charge is 0.330 e. The molecule has 0 bridgehead atoms. The third kappa shape index (κ3) is 4.35. The van der Waals surface area contributed by atoms with E-state index >= 15 is 0 Å². The summed E-state index contributed by atoms with van der Waals surface area (Å²) in [6.45, 7) is 0.0331. The number of halogens is 4. The normalized spacial score (nSPS) is 13.8. The average molecular weight is 481 g/mol. The van der Waals surface area contributed by atoms with Crippen LogP contribution in [0.15, 0.2) is 59.6 Å². The molecule has 5 nitrogen and oxygen atoms in total. The minimum Gasteiger partial charge on any atom is -0.330 e. The lowest BCUT2D eigenvalue weighted by Crippen LogP contribution is -2.26. The molecule has 1 aromatic heterocycles. The van der Waals surface area contributed by atoms with Gasteiger partial charge in [-0.2, -0.15) is 13.2 Å². The Morgan fingerprint density at radius 1 is 1.03 bits per heavy atom. The molecule has 1 amide bonds. The van der Waals surface area contributed by atoms with Gasteiger partial charge in [0.2, 0.25) is 0 Å². The monoisotopic (exact) mass is 480 g/mol. The highest BCUT2D eigenvalue weighted by atomic mass is 35.5. The van der Waals surface area contributed by atoms with E-state index in [9.17, 15) is 26.4 Å². The van der Waals surface area contributed by atoms with Gasteiger partial charge in [0, 0.05) is 36.1 Å². The molecule has 1 aliphatic heterocycles. The maximum Gasteiger partial charge on any atom is 0.433 e. The van der Waals surface area contributed by atoms with E-state index in [0.29, 0.717) is 27.3 Å². The van der Waals surface area contributed by atoms with Gasteiger partial charge in [0.05, 0.1) is 4.90 Å². The Morgan fingerprint density at radius 2 is 1.69 bits per heavy atom. The molecule has 1 aliphatic rings. The van der Waals surface area contributed by atoms with Crippen LogP contribution < -0.4 is 0 Å². The molecule has 10 heteroatoms. The van der Waals surface area contributed by atoms with Crippen molar-refractivity contribution in [1.82, 2.24) is 9.88 Å². The highest BCUT2D eigenvalue weighted by Gasteiger charge is 2.35. The second-order valence-electron chi connectivity index (χ2n) is 7.48. The van der Waals surface area contributed by atoms with Crippen LogP contribution in [0.3, 0.4) is 0 Å². The molecule has 2 aromatic carbocycles. The summed E-state index contributed by atoms with van der Waals surface area (Å²) in [5, 5.41) is 0.498. The van der Waals surface area contributed by atoms with Crippen LogP contribution in [0.1, 0.15) is 27.2 Å². The Balaban J connectivity index is 1.74. The number of nitrogens with zero attached hydrogens (tertiary/aromatic N) is 2. The number of carbonyl (C=O) groups excluding carboxylic acids is 1. The lowest BCUT2D eigenvalue weighted by atomic mass is 9.99. The van der Waals surface area contributed by atoms with E-state index in [1.807, 2.05) is 0 Å². The summed E-state index contributed by atoms with van der Waals surface area (Å²) < 4.78 is 63.1. The number of amides is 1. The number of carbonyl (C=O) groups is 1. The maximum atomic E-state index is 13.4. The number of pyridine rings is 1. The third-order valence-electron chi connectivity index (χ3n) is 5.19. The summed E-state index contributed by atoms with van der Waals surface area (Å²) in [6, 6.07) is 11.9. The Morgan fingerprint density at radius 3 is 2.31 bits per heavy atom. The molecule has 0 N–H and O–H groups in total.